The molecule has 2 aromatic heterocycles. The molecule has 1 aliphatic rings. The Morgan fingerprint density at radius 3 is 2.96 bits per heavy atom. The highest BCUT2D eigenvalue weighted by molar-refractivity contribution is 7.13. The lowest BCUT2D eigenvalue weighted by atomic mass is 10.0. The first kappa shape index (κ1) is 18.6. The Labute approximate surface area is 167 Å². The van der Waals surface area contributed by atoms with Crippen LogP contribution in [0.2, 0.25) is 0 Å². The second kappa shape index (κ2) is 8.06. The van der Waals surface area contributed by atoms with Gasteiger partial charge in [0.1, 0.15) is 11.5 Å². The number of thiazole rings is 1. The third-order valence-electron chi connectivity index (χ3n) is 4.99. The van der Waals surface area contributed by atoms with E-state index in [4.69, 9.17) is 13.9 Å². The first-order chi connectivity index (χ1) is 13.7. The Hall–Kier alpha value is -2.80. The minimum atomic E-state index is 0.0107. The van der Waals surface area contributed by atoms with Crippen LogP contribution in [0.5, 0.6) is 11.5 Å². The van der Waals surface area contributed by atoms with Crippen LogP contribution in [0.4, 0.5) is 0 Å². The fourth-order valence-corrected chi connectivity index (χ4v) is 4.43. The predicted molar refractivity (Wildman–Crippen MR) is 107 cm³/mol. The van der Waals surface area contributed by atoms with E-state index < -0.39 is 0 Å². The Bertz CT molecular complexity index is 951. The van der Waals surface area contributed by atoms with Crippen molar-refractivity contribution in [3.05, 3.63) is 53.2 Å². The number of hydrogen-bond acceptors (Lipinski definition) is 6. The Morgan fingerprint density at radius 2 is 2.21 bits per heavy atom. The number of hydrogen-bond donors (Lipinski definition) is 0. The van der Waals surface area contributed by atoms with Gasteiger partial charge >= 0.3 is 0 Å². The third-order valence-corrected chi connectivity index (χ3v) is 5.89. The fourth-order valence-electron chi connectivity index (χ4n) is 3.64. The molecule has 0 N–H and O–H groups in total. The van der Waals surface area contributed by atoms with E-state index in [0.717, 1.165) is 52.9 Å². The number of likely N-dealkylation sites (tertiary alicyclic amines) is 1. The second-order valence-corrected chi connectivity index (χ2v) is 7.51. The number of amides is 1. The molecule has 1 fully saturated rings. The molecule has 0 bridgehead atoms. The van der Waals surface area contributed by atoms with Crippen molar-refractivity contribution in [3.8, 4) is 22.3 Å². The Balaban J connectivity index is 1.51. The molecule has 1 aliphatic heterocycles. The van der Waals surface area contributed by atoms with E-state index in [1.165, 1.54) is 11.3 Å². The molecule has 28 heavy (non-hydrogen) atoms. The van der Waals surface area contributed by atoms with Crippen LogP contribution in [0.1, 0.15) is 30.1 Å². The number of aromatic nitrogens is 1. The van der Waals surface area contributed by atoms with Crippen molar-refractivity contribution in [1.82, 2.24) is 9.88 Å². The van der Waals surface area contributed by atoms with Crippen molar-refractivity contribution in [2.75, 3.05) is 20.8 Å². The van der Waals surface area contributed by atoms with Gasteiger partial charge in [-0.25, -0.2) is 4.98 Å². The van der Waals surface area contributed by atoms with Gasteiger partial charge in [0.05, 0.1) is 38.6 Å². The molecule has 1 aromatic carbocycles. The number of carbonyl (C=O) groups is 1. The van der Waals surface area contributed by atoms with Gasteiger partial charge in [-0.3, -0.25) is 4.79 Å². The van der Waals surface area contributed by atoms with Gasteiger partial charge in [-0.2, -0.15) is 0 Å². The van der Waals surface area contributed by atoms with E-state index in [0.29, 0.717) is 0 Å². The molecule has 0 radical (unpaired) electrons. The van der Waals surface area contributed by atoms with Gasteiger partial charge in [0.15, 0.2) is 10.8 Å². The lowest BCUT2D eigenvalue weighted by Gasteiger charge is -2.26. The number of benzene rings is 1. The minimum absolute atomic E-state index is 0.0107. The van der Waals surface area contributed by atoms with E-state index >= 15 is 0 Å². The lowest BCUT2D eigenvalue weighted by molar-refractivity contribution is -0.131. The van der Waals surface area contributed by atoms with Crippen LogP contribution in [0.25, 0.3) is 10.8 Å². The number of nitrogens with zero attached hydrogens (tertiary/aromatic N) is 2. The molecular formula is C21H22N2O4S. The fraction of sp³-hybridized carbons (Fsp3) is 0.333. The highest BCUT2D eigenvalue weighted by atomic mass is 32.1. The van der Waals surface area contributed by atoms with Crippen LogP contribution in [-0.2, 0) is 11.2 Å². The molecule has 1 saturated heterocycles. The molecule has 1 amide bonds. The summed E-state index contributed by atoms with van der Waals surface area (Å²) in [5, 5.41) is 2.72. The molecule has 4 rings (SSSR count). The van der Waals surface area contributed by atoms with E-state index in [1.54, 1.807) is 20.5 Å². The molecule has 3 aromatic rings. The zero-order chi connectivity index (χ0) is 19.5. The quantitative estimate of drug-likeness (QED) is 0.618. The summed E-state index contributed by atoms with van der Waals surface area (Å²) in [7, 11) is 3.27. The average Bonchev–Trinajstić information content (AvgIpc) is 3.48. The summed E-state index contributed by atoms with van der Waals surface area (Å²) < 4.78 is 16.2. The maximum atomic E-state index is 13.0. The van der Waals surface area contributed by atoms with Crippen LogP contribution in [0, 0.1) is 0 Å². The second-order valence-electron chi connectivity index (χ2n) is 6.65. The van der Waals surface area contributed by atoms with Gasteiger partial charge in [-0.1, -0.05) is 0 Å². The monoisotopic (exact) mass is 398 g/mol. The van der Waals surface area contributed by atoms with Gasteiger partial charge in [-0.15, -0.1) is 11.3 Å². The maximum absolute atomic E-state index is 13.0. The topological polar surface area (TPSA) is 64.8 Å². The van der Waals surface area contributed by atoms with Crippen LogP contribution in [0.15, 0.2) is 46.4 Å². The molecule has 1 unspecified atom stereocenters. The summed E-state index contributed by atoms with van der Waals surface area (Å²) >= 11 is 1.49. The number of carbonyl (C=O) groups excluding carboxylic acids is 1. The summed E-state index contributed by atoms with van der Waals surface area (Å²) in [5.41, 5.74) is 1.79. The zero-order valence-electron chi connectivity index (χ0n) is 15.9. The van der Waals surface area contributed by atoms with E-state index in [9.17, 15) is 4.79 Å². The van der Waals surface area contributed by atoms with Crippen molar-refractivity contribution in [1.29, 1.82) is 0 Å². The van der Waals surface area contributed by atoms with Gasteiger partial charge in [-0.05, 0) is 37.1 Å². The first-order valence-electron chi connectivity index (χ1n) is 9.19. The summed E-state index contributed by atoms with van der Waals surface area (Å²) in [5.74, 6) is 2.30. The highest BCUT2D eigenvalue weighted by Crippen LogP contribution is 2.39. The Kier molecular flexibility index (Phi) is 5.34. The molecule has 7 heteroatoms. The molecule has 0 saturated carbocycles. The largest absolute Gasteiger partial charge is 0.497 e. The van der Waals surface area contributed by atoms with Crippen LogP contribution >= 0.6 is 11.3 Å². The zero-order valence-corrected chi connectivity index (χ0v) is 16.7. The van der Waals surface area contributed by atoms with Gasteiger partial charge < -0.3 is 18.8 Å². The molecule has 146 valence electrons. The standard InChI is InChI=1S/C21H22N2O4S/c1-25-15-7-8-16(19(12-15)26-2)17-5-3-9-23(17)20(24)11-14-13-28-21(22-14)18-6-4-10-27-18/h4,6-8,10,12-13,17H,3,5,9,11H2,1-2H3. The van der Waals surface area contributed by atoms with Gasteiger partial charge in [0.25, 0.3) is 0 Å². The Morgan fingerprint density at radius 1 is 1.32 bits per heavy atom. The normalized spacial score (nSPS) is 16.4. The summed E-state index contributed by atoms with van der Waals surface area (Å²) in [4.78, 5) is 19.5. The van der Waals surface area contributed by atoms with Crippen molar-refractivity contribution in [2.24, 2.45) is 0 Å². The number of furan rings is 1. The summed E-state index contributed by atoms with van der Waals surface area (Å²) in [6.07, 6.45) is 3.80. The molecular weight excluding hydrogens is 376 g/mol. The van der Waals surface area contributed by atoms with Crippen LogP contribution in [-0.4, -0.2) is 36.6 Å². The molecule has 0 aliphatic carbocycles. The third kappa shape index (κ3) is 3.62. The van der Waals surface area contributed by atoms with Crippen molar-refractivity contribution in [2.45, 2.75) is 25.3 Å². The average molecular weight is 398 g/mol. The van der Waals surface area contributed by atoms with Crippen LogP contribution < -0.4 is 9.47 Å². The molecule has 3 heterocycles. The SMILES string of the molecule is COc1ccc(C2CCCN2C(=O)Cc2csc(-c3ccco3)n2)c(OC)c1. The molecule has 1 atom stereocenters. The van der Waals surface area contributed by atoms with E-state index in [1.807, 2.05) is 40.6 Å². The summed E-state index contributed by atoms with van der Waals surface area (Å²) in [6.45, 7) is 0.744. The lowest BCUT2D eigenvalue weighted by Crippen LogP contribution is -2.32. The smallest absolute Gasteiger partial charge is 0.229 e. The molecule has 6 nitrogen and oxygen atoms in total. The number of ether oxygens (including phenoxy) is 2. The van der Waals surface area contributed by atoms with E-state index in [-0.39, 0.29) is 18.4 Å². The van der Waals surface area contributed by atoms with Crippen molar-refractivity contribution >= 4 is 17.2 Å². The number of rotatable bonds is 6. The van der Waals surface area contributed by atoms with Crippen molar-refractivity contribution in [3.63, 3.8) is 0 Å². The van der Waals surface area contributed by atoms with Gasteiger partial charge in [0, 0.05) is 23.6 Å². The minimum Gasteiger partial charge on any atom is -0.497 e. The van der Waals surface area contributed by atoms with Crippen molar-refractivity contribution < 1.29 is 18.7 Å². The van der Waals surface area contributed by atoms with Crippen LogP contribution in [0.3, 0.4) is 0 Å². The summed E-state index contributed by atoms with van der Waals surface area (Å²) in [6, 6.07) is 9.49. The molecule has 0 spiro atoms. The maximum Gasteiger partial charge on any atom is 0.229 e. The predicted octanol–water partition coefficient (Wildman–Crippen LogP) is 4.33. The van der Waals surface area contributed by atoms with E-state index in [2.05, 4.69) is 4.98 Å². The first-order valence-corrected chi connectivity index (χ1v) is 10.1. The number of methoxy groups -OCH3 is 2. The van der Waals surface area contributed by atoms with Gasteiger partial charge in [0.2, 0.25) is 5.91 Å². The highest BCUT2D eigenvalue weighted by Gasteiger charge is 2.32.